The van der Waals surface area contributed by atoms with Crippen molar-refractivity contribution in [1.82, 2.24) is 10.6 Å². The Hall–Kier alpha value is -2.42. The van der Waals surface area contributed by atoms with Crippen molar-refractivity contribution >= 4 is 33.4 Å². The number of sulfonamides is 1. The average molecular weight is 438 g/mol. The lowest BCUT2D eigenvalue weighted by atomic mass is 10.0. The van der Waals surface area contributed by atoms with Crippen LogP contribution in [0.2, 0.25) is 5.02 Å². The second kappa shape index (κ2) is 9.87. The molecular weight excluding hydrogens is 414 g/mol. The molecular formula is C20H24ClN3O4S. The summed E-state index contributed by atoms with van der Waals surface area (Å²) in [6, 6.07) is 12.0. The van der Waals surface area contributed by atoms with Crippen LogP contribution in [0.25, 0.3) is 0 Å². The van der Waals surface area contributed by atoms with E-state index in [1.807, 2.05) is 13.8 Å². The van der Waals surface area contributed by atoms with Crippen molar-refractivity contribution in [1.29, 1.82) is 0 Å². The molecule has 9 heteroatoms. The zero-order chi connectivity index (χ0) is 21.6. The fourth-order valence-corrected chi connectivity index (χ4v) is 3.42. The van der Waals surface area contributed by atoms with Crippen LogP contribution in [0.15, 0.2) is 53.4 Å². The van der Waals surface area contributed by atoms with Gasteiger partial charge in [-0.3, -0.25) is 9.59 Å². The maximum atomic E-state index is 12.6. The van der Waals surface area contributed by atoms with Gasteiger partial charge in [-0.05, 0) is 42.2 Å². The number of nitrogens with one attached hydrogen (secondary N) is 2. The standard InChI is InChI=1S/C20H24ClN3O4S/c1-13(2)18(24-19(25)16-5-3-4-6-17(16)21)20(26)23-12-11-14-7-9-15(10-8-14)29(22,27)28/h3-10,13,18H,11-12H2,1-2H3,(H,23,26)(H,24,25)(H2,22,27,28)/t18-/m0/s1. The minimum absolute atomic E-state index is 0.0347. The Morgan fingerprint density at radius 1 is 1.07 bits per heavy atom. The lowest BCUT2D eigenvalue weighted by Crippen LogP contribution is -2.50. The van der Waals surface area contributed by atoms with E-state index in [9.17, 15) is 18.0 Å². The number of hydrogen-bond acceptors (Lipinski definition) is 4. The highest BCUT2D eigenvalue weighted by Gasteiger charge is 2.25. The molecule has 0 saturated carbocycles. The minimum Gasteiger partial charge on any atom is -0.354 e. The van der Waals surface area contributed by atoms with Crippen LogP contribution in [0, 0.1) is 5.92 Å². The molecule has 0 heterocycles. The molecule has 0 unspecified atom stereocenters. The fourth-order valence-electron chi connectivity index (χ4n) is 2.69. The molecule has 1 atom stereocenters. The van der Waals surface area contributed by atoms with Crippen LogP contribution in [0.4, 0.5) is 0 Å². The predicted octanol–water partition coefficient (Wildman–Crippen LogP) is 2.10. The van der Waals surface area contributed by atoms with Gasteiger partial charge in [-0.2, -0.15) is 0 Å². The molecule has 0 aromatic heterocycles. The van der Waals surface area contributed by atoms with Crippen LogP contribution >= 0.6 is 11.6 Å². The van der Waals surface area contributed by atoms with E-state index in [0.717, 1.165) is 5.56 Å². The normalized spacial score (nSPS) is 12.4. The Morgan fingerprint density at radius 2 is 1.69 bits per heavy atom. The van der Waals surface area contributed by atoms with Gasteiger partial charge in [-0.15, -0.1) is 0 Å². The van der Waals surface area contributed by atoms with E-state index in [4.69, 9.17) is 16.7 Å². The highest BCUT2D eigenvalue weighted by molar-refractivity contribution is 7.89. The molecule has 0 aliphatic carbocycles. The summed E-state index contributed by atoms with van der Waals surface area (Å²) < 4.78 is 22.6. The number of primary sulfonamides is 1. The number of carbonyl (C=O) groups excluding carboxylic acids is 2. The molecule has 2 amide bonds. The topological polar surface area (TPSA) is 118 Å². The van der Waals surface area contributed by atoms with Crippen LogP contribution in [0.1, 0.15) is 29.8 Å². The molecule has 0 radical (unpaired) electrons. The predicted molar refractivity (Wildman–Crippen MR) is 112 cm³/mol. The van der Waals surface area contributed by atoms with Crippen molar-refractivity contribution in [2.24, 2.45) is 11.1 Å². The van der Waals surface area contributed by atoms with Crippen LogP contribution in [-0.4, -0.2) is 32.8 Å². The highest BCUT2D eigenvalue weighted by atomic mass is 35.5. The van der Waals surface area contributed by atoms with Gasteiger partial charge in [0.1, 0.15) is 6.04 Å². The molecule has 0 saturated heterocycles. The number of benzene rings is 2. The summed E-state index contributed by atoms with van der Waals surface area (Å²) in [5, 5.41) is 10.9. The Labute approximate surface area is 175 Å². The lowest BCUT2D eigenvalue weighted by molar-refractivity contribution is -0.123. The SMILES string of the molecule is CC(C)[C@H](NC(=O)c1ccccc1Cl)C(=O)NCCc1ccc(S(N)(=O)=O)cc1. The van der Waals surface area contributed by atoms with Crippen LogP contribution < -0.4 is 15.8 Å². The van der Waals surface area contributed by atoms with E-state index >= 15 is 0 Å². The van der Waals surface area contributed by atoms with Gasteiger partial charge in [0.2, 0.25) is 15.9 Å². The molecule has 29 heavy (non-hydrogen) atoms. The smallest absolute Gasteiger partial charge is 0.253 e. The second-order valence-corrected chi connectivity index (χ2v) is 8.87. The zero-order valence-corrected chi connectivity index (χ0v) is 17.8. The van der Waals surface area contributed by atoms with Crippen molar-refractivity contribution in [3.8, 4) is 0 Å². The number of hydrogen-bond donors (Lipinski definition) is 3. The summed E-state index contributed by atoms with van der Waals surface area (Å²) in [5.74, 6) is -0.847. The van der Waals surface area contributed by atoms with Crippen molar-refractivity contribution in [3.05, 3.63) is 64.7 Å². The van der Waals surface area contributed by atoms with Crippen molar-refractivity contribution in [3.63, 3.8) is 0 Å². The number of amides is 2. The first kappa shape index (κ1) is 22.9. The monoisotopic (exact) mass is 437 g/mol. The summed E-state index contributed by atoms with van der Waals surface area (Å²) in [7, 11) is -3.73. The van der Waals surface area contributed by atoms with Crippen molar-refractivity contribution in [2.75, 3.05) is 6.54 Å². The van der Waals surface area contributed by atoms with Crippen LogP contribution in [0.5, 0.6) is 0 Å². The molecule has 7 nitrogen and oxygen atoms in total. The number of carbonyl (C=O) groups is 2. The molecule has 0 fully saturated rings. The first-order valence-corrected chi connectivity index (χ1v) is 11.0. The van der Waals surface area contributed by atoms with Crippen LogP contribution in [0.3, 0.4) is 0 Å². The largest absolute Gasteiger partial charge is 0.354 e. The van der Waals surface area contributed by atoms with E-state index < -0.39 is 22.0 Å². The van der Waals surface area contributed by atoms with Gasteiger partial charge < -0.3 is 10.6 Å². The van der Waals surface area contributed by atoms with Gasteiger partial charge in [0.05, 0.1) is 15.5 Å². The Kier molecular flexibility index (Phi) is 7.78. The molecule has 0 spiro atoms. The third-order valence-corrected chi connectivity index (χ3v) is 5.58. The van der Waals surface area contributed by atoms with Crippen LogP contribution in [-0.2, 0) is 21.2 Å². The van der Waals surface area contributed by atoms with Crippen molar-refractivity contribution < 1.29 is 18.0 Å². The Bertz CT molecular complexity index is 975. The first-order chi connectivity index (χ1) is 13.6. The molecule has 0 aliphatic heterocycles. The van der Waals surface area contributed by atoms with Crippen molar-refractivity contribution in [2.45, 2.75) is 31.2 Å². The Morgan fingerprint density at radius 3 is 2.24 bits per heavy atom. The average Bonchev–Trinajstić information content (AvgIpc) is 2.65. The van der Waals surface area contributed by atoms with E-state index in [0.29, 0.717) is 23.6 Å². The third kappa shape index (κ3) is 6.56. The molecule has 2 rings (SSSR count). The minimum atomic E-state index is -3.73. The lowest BCUT2D eigenvalue weighted by Gasteiger charge is -2.22. The van der Waals surface area contributed by atoms with Gasteiger partial charge >= 0.3 is 0 Å². The maximum Gasteiger partial charge on any atom is 0.253 e. The fraction of sp³-hybridized carbons (Fsp3) is 0.300. The first-order valence-electron chi connectivity index (χ1n) is 9.04. The summed E-state index contributed by atoms with van der Waals surface area (Å²) >= 11 is 6.05. The molecule has 156 valence electrons. The van der Waals surface area contributed by atoms with E-state index in [2.05, 4.69) is 10.6 Å². The number of halogens is 1. The number of rotatable bonds is 8. The molecule has 2 aromatic carbocycles. The molecule has 0 bridgehead atoms. The summed E-state index contributed by atoms with van der Waals surface area (Å²) in [6.45, 7) is 4.00. The van der Waals surface area contributed by atoms with E-state index in [-0.39, 0.29) is 16.7 Å². The van der Waals surface area contributed by atoms with E-state index in [1.165, 1.54) is 12.1 Å². The van der Waals surface area contributed by atoms with Gasteiger partial charge in [0.15, 0.2) is 0 Å². The van der Waals surface area contributed by atoms with Gasteiger partial charge in [-0.25, -0.2) is 13.6 Å². The third-order valence-electron chi connectivity index (χ3n) is 4.32. The molecule has 2 aromatic rings. The van der Waals surface area contributed by atoms with Gasteiger partial charge in [-0.1, -0.05) is 49.7 Å². The highest BCUT2D eigenvalue weighted by Crippen LogP contribution is 2.15. The maximum absolute atomic E-state index is 12.6. The number of nitrogens with two attached hydrogens (primary N) is 1. The molecule has 0 aliphatic rings. The van der Waals surface area contributed by atoms with E-state index in [1.54, 1.807) is 36.4 Å². The summed E-state index contributed by atoms with van der Waals surface area (Å²) in [4.78, 5) is 25.1. The zero-order valence-electron chi connectivity index (χ0n) is 16.2. The van der Waals surface area contributed by atoms with Gasteiger partial charge in [0.25, 0.3) is 5.91 Å². The Balaban J connectivity index is 1.94. The second-order valence-electron chi connectivity index (χ2n) is 6.90. The van der Waals surface area contributed by atoms with Gasteiger partial charge in [0, 0.05) is 6.54 Å². The quantitative estimate of drug-likeness (QED) is 0.585. The molecule has 4 N–H and O–H groups in total. The summed E-state index contributed by atoms with van der Waals surface area (Å²) in [6.07, 6.45) is 0.500. The summed E-state index contributed by atoms with van der Waals surface area (Å²) in [5.41, 5.74) is 1.15.